The number of methoxy groups -OCH3 is 1. The molecule has 0 aliphatic carbocycles. The van der Waals surface area contributed by atoms with E-state index in [1.54, 1.807) is 36.4 Å². The first-order valence-corrected chi connectivity index (χ1v) is 5.95. The molecule has 0 saturated carbocycles. The maximum atomic E-state index is 11.1. The molecule has 0 bridgehead atoms. The van der Waals surface area contributed by atoms with Crippen LogP contribution in [0.4, 0.5) is 11.4 Å². The van der Waals surface area contributed by atoms with Crippen LogP contribution >= 0.6 is 0 Å². The van der Waals surface area contributed by atoms with Crippen LogP contribution in [-0.2, 0) is 6.54 Å². The number of ether oxygens (including phenoxy) is 1. The molecule has 0 aromatic heterocycles. The molecule has 0 amide bonds. The van der Waals surface area contributed by atoms with Crippen LogP contribution in [0.3, 0.4) is 0 Å². The molecule has 0 fully saturated rings. The van der Waals surface area contributed by atoms with Gasteiger partial charge in [-0.25, -0.2) is 0 Å². The Morgan fingerprint density at radius 1 is 1.25 bits per heavy atom. The summed E-state index contributed by atoms with van der Waals surface area (Å²) in [6.07, 6.45) is 0. The Balaban J connectivity index is 2.26. The maximum absolute atomic E-state index is 11.1. The lowest BCUT2D eigenvalue weighted by atomic mass is 10.2. The van der Waals surface area contributed by atoms with Gasteiger partial charge >= 0.3 is 5.69 Å². The van der Waals surface area contributed by atoms with Crippen molar-refractivity contribution in [3.05, 3.63) is 58.1 Å². The summed E-state index contributed by atoms with van der Waals surface area (Å²) in [4.78, 5) is 10.6. The van der Waals surface area contributed by atoms with E-state index in [-0.39, 0.29) is 23.7 Å². The van der Waals surface area contributed by atoms with Gasteiger partial charge in [0.05, 0.1) is 12.0 Å². The normalized spacial score (nSPS) is 10.1. The molecule has 0 aliphatic heterocycles. The van der Waals surface area contributed by atoms with Crippen LogP contribution in [-0.4, -0.2) is 17.1 Å². The fourth-order valence-corrected chi connectivity index (χ4v) is 1.87. The van der Waals surface area contributed by atoms with Gasteiger partial charge < -0.3 is 15.2 Å². The summed E-state index contributed by atoms with van der Waals surface area (Å²) in [6, 6.07) is 11.6. The number of para-hydroxylation sites is 2. The van der Waals surface area contributed by atoms with Gasteiger partial charge in [0.1, 0.15) is 11.4 Å². The average molecular weight is 274 g/mol. The van der Waals surface area contributed by atoms with Gasteiger partial charge in [-0.15, -0.1) is 0 Å². The summed E-state index contributed by atoms with van der Waals surface area (Å²) in [7, 11) is 1.38. The number of aromatic hydroxyl groups is 1. The minimum Gasteiger partial charge on any atom is -0.508 e. The molecular weight excluding hydrogens is 260 g/mol. The van der Waals surface area contributed by atoms with Gasteiger partial charge in [-0.05, 0) is 18.2 Å². The molecule has 0 saturated heterocycles. The van der Waals surface area contributed by atoms with Crippen LogP contribution in [0.1, 0.15) is 5.56 Å². The molecular formula is C14H14N2O4. The largest absolute Gasteiger partial charge is 0.508 e. The summed E-state index contributed by atoms with van der Waals surface area (Å²) >= 11 is 0. The number of nitrogens with one attached hydrogen (secondary N) is 1. The Kier molecular flexibility index (Phi) is 4.05. The van der Waals surface area contributed by atoms with Gasteiger partial charge in [-0.1, -0.05) is 24.3 Å². The highest BCUT2D eigenvalue weighted by molar-refractivity contribution is 5.68. The Morgan fingerprint density at radius 3 is 2.65 bits per heavy atom. The van der Waals surface area contributed by atoms with E-state index in [0.29, 0.717) is 11.3 Å². The first-order chi connectivity index (χ1) is 9.63. The van der Waals surface area contributed by atoms with E-state index in [1.807, 2.05) is 0 Å². The van der Waals surface area contributed by atoms with Gasteiger partial charge in [-0.2, -0.15) is 0 Å². The van der Waals surface area contributed by atoms with Crippen molar-refractivity contribution in [3.63, 3.8) is 0 Å². The number of benzene rings is 2. The third-order valence-electron chi connectivity index (χ3n) is 2.86. The molecule has 104 valence electrons. The number of phenolic OH excluding ortho intramolecular Hbond substituents is 1. The van der Waals surface area contributed by atoms with Gasteiger partial charge in [0, 0.05) is 12.1 Å². The van der Waals surface area contributed by atoms with E-state index in [9.17, 15) is 15.2 Å². The van der Waals surface area contributed by atoms with Gasteiger partial charge in [-0.3, -0.25) is 10.1 Å². The highest BCUT2D eigenvalue weighted by atomic mass is 16.6. The molecule has 2 rings (SSSR count). The van der Waals surface area contributed by atoms with Crippen molar-refractivity contribution in [2.75, 3.05) is 12.4 Å². The molecule has 6 heteroatoms. The van der Waals surface area contributed by atoms with Crippen LogP contribution in [0.2, 0.25) is 0 Å². The Morgan fingerprint density at radius 2 is 2.00 bits per heavy atom. The lowest BCUT2D eigenvalue weighted by Gasteiger charge is -2.10. The fraction of sp³-hybridized carbons (Fsp3) is 0.143. The van der Waals surface area contributed by atoms with Crippen molar-refractivity contribution in [1.29, 1.82) is 0 Å². The second-order valence-corrected chi connectivity index (χ2v) is 4.10. The van der Waals surface area contributed by atoms with E-state index in [4.69, 9.17) is 4.74 Å². The van der Waals surface area contributed by atoms with Crippen LogP contribution < -0.4 is 10.1 Å². The molecule has 20 heavy (non-hydrogen) atoms. The van der Waals surface area contributed by atoms with Crippen molar-refractivity contribution in [2.45, 2.75) is 6.54 Å². The molecule has 0 unspecified atom stereocenters. The Bertz CT molecular complexity index is 628. The van der Waals surface area contributed by atoms with E-state index >= 15 is 0 Å². The van der Waals surface area contributed by atoms with Crippen molar-refractivity contribution < 1.29 is 14.8 Å². The van der Waals surface area contributed by atoms with E-state index in [1.165, 1.54) is 13.2 Å². The predicted octanol–water partition coefficient (Wildman–Crippen LogP) is 2.92. The minimum absolute atomic E-state index is 0.120. The zero-order chi connectivity index (χ0) is 14.5. The molecule has 0 spiro atoms. The number of anilines is 1. The van der Waals surface area contributed by atoms with Crippen molar-refractivity contribution in [1.82, 2.24) is 0 Å². The number of hydrogen-bond donors (Lipinski definition) is 2. The van der Waals surface area contributed by atoms with Gasteiger partial charge in [0.25, 0.3) is 0 Å². The fourth-order valence-electron chi connectivity index (χ4n) is 1.87. The number of hydrogen-bond acceptors (Lipinski definition) is 5. The van der Waals surface area contributed by atoms with Crippen molar-refractivity contribution in [2.24, 2.45) is 0 Å². The second kappa shape index (κ2) is 5.92. The van der Waals surface area contributed by atoms with Crippen LogP contribution in [0, 0.1) is 10.1 Å². The molecule has 0 heterocycles. The first-order valence-electron chi connectivity index (χ1n) is 5.95. The standard InChI is InChI=1S/C14H14N2O4/c1-20-13-8-4-6-11(14(13)16(18)19)15-9-10-5-2-3-7-12(10)17/h2-8,15,17H,9H2,1H3. The topological polar surface area (TPSA) is 84.6 Å². The van der Waals surface area contributed by atoms with E-state index in [2.05, 4.69) is 5.32 Å². The number of nitro benzene ring substituents is 1. The summed E-state index contributed by atoms with van der Waals surface area (Å²) in [5.41, 5.74) is 0.882. The average Bonchev–Trinajstić information content (AvgIpc) is 2.45. The molecule has 0 aliphatic rings. The number of nitro groups is 1. The zero-order valence-corrected chi connectivity index (χ0v) is 10.9. The lowest BCUT2D eigenvalue weighted by molar-refractivity contribution is -0.384. The summed E-state index contributed by atoms with van der Waals surface area (Å²) < 4.78 is 4.99. The van der Waals surface area contributed by atoms with Crippen LogP contribution in [0.25, 0.3) is 0 Å². The quantitative estimate of drug-likeness (QED) is 0.646. The third kappa shape index (κ3) is 2.80. The summed E-state index contributed by atoms with van der Waals surface area (Å²) in [5.74, 6) is 0.336. The smallest absolute Gasteiger partial charge is 0.333 e. The SMILES string of the molecule is COc1cccc(NCc2ccccc2O)c1[N+](=O)[O-]. The molecule has 2 N–H and O–H groups in total. The molecule has 0 atom stereocenters. The highest BCUT2D eigenvalue weighted by Crippen LogP contribution is 2.34. The Labute approximate surface area is 115 Å². The summed E-state index contributed by atoms with van der Waals surface area (Å²) in [6.45, 7) is 0.278. The Hall–Kier alpha value is -2.76. The summed E-state index contributed by atoms with van der Waals surface area (Å²) in [5, 5.41) is 23.7. The van der Waals surface area contributed by atoms with E-state index < -0.39 is 4.92 Å². The third-order valence-corrected chi connectivity index (χ3v) is 2.86. The zero-order valence-electron chi connectivity index (χ0n) is 10.9. The van der Waals surface area contributed by atoms with Crippen molar-refractivity contribution >= 4 is 11.4 Å². The monoisotopic (exact) mass is 274 g/mol. The first kappa shape index (κ1) is 13.7. The maximum Gasteiger partial charge on any atom is 0.333 e. The number of rotatable bonds is 5. The molecule has 0 radical (unpaired) electrons. The number of phenols is 1. The van der Waals surface area contributed by atoms with Gasteiger partial charge in [0.15, 0.2) is 5.75 Å². The van der Waals surface area contributed by atoms with E-state index in [0.717, 1.165) is 0 Å². The van der Waals surface area contributed by atoms with Crippen LogP contribution in [0.5, 0.6) is 11.5 Å². The second-order valence-electron chi connectivity index (χ2n) is 4.10. The van der Waals surface area contributed by atoms with Crippen molar-refractivity contribution in [3.8, 4) is 11.5 Å². The molecule has 2 aromatic rings. The molecule has 2 aromatic carbocycles. The van der Waals surface area contributed by atoms with Crippen LogP contribution in [0.15, 0.2) is 42.5 Å². The van der Waals surface area contributed by atoms with Gasteiger partial charge in [0.2, 0.25) is 0 Å². The minimum atomic E-state index is -0.494. The molecule has 6 nitrogen and oxygen atoms in total. The number of nitrogens with zero attached hydrogens (tertiary/aromatic N) is 1. The lowest BCUT2D eigenvalue weighted by Crippen LogP contribution is -2.04. The predicted molar refractivity (Wildman–Crippen MR) is 75.1 cm³/mol. The highest BCUT2D eigenvalue weighted by Gasteiger charge is 2.20.